The quantitative estimate of drug-likeness (QED) is 0.836. The largest absolute Gasteiger partial charge is 0.342 e. The highest BCUT2D eigenvalue weighted by Crippen LogP contribution is 2.41. The number of nitrogens with zero attached hydrogens (tertiary/aromatic N) is 3. The van der Waals surface area contributed by atoms with E-state index in [1.165, 1.54) is 19.3 Å². The first kappa shape index (κ1) is 18.4. The predicted octanol–water partition coefficient (Wildman–Crippen LogP) is 2.52. The molecule has 1 aromatic rings. The number of anilines is 1. The van der Waals surface area contributed by atoms with E-state index in [2.05, 4.69) is 20.1 Å². The first-order valence-electron chi connectivity index (χ1n) is 10.4. The van der Waals surface area contributed by atoms with Crippen LogP contribution in [0.5, 0.6) is 0 Å². The van der Waals surface area contributed by atoms with Crippen molar-refractivity contribution in [2.45, 2.75) is 44.9 Å². The summed E-state index contributed by atoms with van der Waals surface area (Å²) >= 11 is 0. The van der Waals surface area contributed by atoms with Crippen molar-refractivity contribution in [2.24, 2.45) is 11.3 Å². The van der Waals surface area contributed by atoms with Crippen molar-refractivity contribution in [2.75, 3.05) is 38.0 Å². The third-order valence-electron chi connectivity index (χ3n) is 6.56. The van der Waals surface area contributed by atoms with Gasteiger partial charge in [0.2, 0.25) is 11.8 Å². The summed E-state index contributed by atoms with van der Waals surface area (Å²) in [6.45, 7) is 4.35. The molecule has 1 atom stereocenters. The zero-order valence-electron chi connectivity index (χ0n) is 16.0. The number of likely N-dealkylation sites (tertiary alicyclic amines) is 2. The standard InChI is InChI=1S/C21H30N4O2/c26-19(23-18-6-2-10-22-14-18)7-12-24-13-9-21(16-24)8-3-11-25(20(21)27)15-17-4-1-5-17/h2,6,10,14,17H,1,3-5,7-9,11-13,15-16H2,(H,23,26)/t21-/m0/s1. The van der Waals surface area contributed by atoms with Crippen LogP contribution in [0.15, 0.2) is 24.5 Å². The van der Waals surface area contributed by atoms with Crippen molar-refractivity contribution in [3.05, 3.63) is 24.5 Å². The smallest absolute Gasteiger partial charge is 0.230 e. The van der Waals surface area contributed by atoms with E-state index in [1.54, 1.807) is 12.4 Å². The molecule has 1 aliphatic carbocycles. The van der Waals surface area contributed by atoms with E-state index in [0.29, 0.717) is 18.9 Å². The monoisotopic (exact) mass is 370 g/mol. The maximum Gasteiger partial charge on any atom is 0.230 e. The molecule has 4 rings (SSSR count). The second-order valence-electron chi connectivity index (χ2n) is 8.50. The second-order valence-corrected chi connectivity index (χ2v) is 8.50. The number of piperidine rings is 1. The van der Waals surface area contributed by atoms with E-state index in [1.807, 2.05) is 12.1 Å². The summed E-state index contributed by atoms with van der Waals surface area (Å²) in [5.41, 5.74) is 0.538. The van der Waals surface area contributed by atoms with Gasteiger partial charge in [-0.3, -0.25) is 14.6 Å². The highest BCUT2D eigenvalue weighted by atomic mass is 16.2. The molecule has 3 aliphatic rings. The van der Waals surface area contributed by atoms with E-state index < -0.39 is 0 Å². The molecule has 3 heterocycles. The summed E-state index contributed by atoms with van der Waals surface area (Å²) in [6.07, 6.45) is 10.8. The fourth-order valence-electron chi connectivity index (χ4n) is 4.76. The van der Waals surface area contributed by atoms with Gasteiger partial charge in [0.05, 0.1) is 17.3 Å². The minimum absolute atomic E-state index is 0.00512. The zero-order chi connectivity index (χ0) is 18.7. The fourth-order valence-corrected chi connectivity index (χ4v) is 4.76. The van der Waals surface area contributed by atoms with Gasteiger partial charge >= 0.3 is 0 Å². The summed E-state index contributed by atoms with van der Waals surface area (Å²) in [7, 11) is 0. The summed E-state index contributed by atoms with van der Waals surface area (Å²) in [5.74, 6) is 1.12. The van der Waals surface area contributed by atoms with Gasteiger partial charge in [0, 0.05) is 38.8 Å². The minimum Gasteiger partial charge on any atom is -0.342 e. The Labute approximate surface area is 161 Å². The summed E-state index contributed by atoms with van der Waals surface area (Å²) < 4.78 is 0. The van der Waals surface area contributed by atoms with Crippen LogP contribution in [-0.2, 0) is 9.59 Å². The number of nitrogens with one attached hydrogen (secondary N) is 1. The summed E-state index contributed by atoms with van der Waals surface area (Å²) in [5, 5.41) is 2.88. The molecule has 2 saturated heterocycles. The third kappa shape index (κ3) is 4.15. The Morgan fingerprint density at radius 3 is 2.89 bits per heavy atom. The van der Waals surface area contributed by atoms with Crippen LogP contribution in [0.1, 0.15) is 44.9 Å². The number of amides is 2. The van der Waals surface area contributed by atoms with Crippen LogP contribution in [0.3, 0.4) is 0 Å². The zero-order valence-corrected chi connectivity index (χ0v) is 16.0. The Morgan fingerprint density at radius 1 is 1.26 bits per heavy atom. The van der Waals surface area contributed by atoms with Crippen molar-refractivity contribution in [1.82, 2.24) is 14.8 Å². The lowest BCUT2D eigenvalue weighted by molar-refractivity contribution is -0.146. The van der Waals surface area contributed by atoms with Gasteiger partial charge in [-0.15, -0.1) is 0 Å². The van der Waals surface area contributed by atoms with Crippen molar-refractivity contribution < 1.29 is 9.59 Å². The topological polar surface area (TPSA) is 65.5 Å². The number of rotatable bonds is 6. The van der Waals surface area contributed by atoms with Crippen LogP contribution in [0, 0.1) is 11.3 Å². The van der Waals surface area contributed by atoms with E-state index in [9.17, 15) is 9.59 Å². The Balaban J connectivity index is 1.27. The molecule has 6 heteroatoms. The average Bonchev–Trinajstić information content (AvgIpc) is 3.05. The highest BCUT2D eigenvalue weighted by molar-refractivity contribution is 5.90. The molecule has 1 N–H and O–H groups in total. The first-order valence-corrected chi connectivity index (χ1v) is 10.4. The normalized spacial score (nSPS) is 26.4. The highest BCUT2D eigenvalue weighted by Gasteiger charge is 2.48. The number of hydrogen-bond acceptors (Lipinski definition) is 4. The fraction of sp³-hybridized carbons (Fsp3) is 0.667. The van der Waals surface area contributed by atoms with Crippen molar-refractivity contribution in [3.8, 4) is 0 Å². The van der Waals surface area contributed by atoms with Crippen LogP contribution in [0.4, 0.5) is 5.69 Å². The Kier molecular flexibility index (Phi) is 5.43. The maximum absolute atomic E-state index is 13.2. The number of carbonyl (C=O) groups excluding carboxylic acids is 2. The van der Waals surface area contributed by atoms with Crippen LogP contribution >= 0.6 is 0 Å². The van der Waals surface area contributed by atoms with Crippen LogP contribution < -0.4 is 5.32 Å². The van der Waals surface area contributed by atoms with E-state index in [0.717, 1.165) is 57.0 Å². The Hall–Kier alpha value is -1.95. The number of carbonyl (C=O) groups is 2. The lowest BCUT2D eigenvalue weighted by atomic mass is 9.77. The molecule has 0 bridgehead atoms. The number of hydrogen-bond donors (Lipinski definition) is 1. The molecule has 0 radical (unpaired) electrons. The summed E-state index contributed by atoms with van der Waals surface area (Å²) in [4.78, 5) is 33.8. The van der Waals surface area contributed by atoms with Crippen molar-refractivity contribution in [1.29, 1.82) is 0 Å². The molecule has 0 unspecified atom stereocenters. The molecule has 1 aromatic heterocycles. The van der Waals surface area contributed by atoms with Crippen LogP contribution in [0.25, 0.3) is 0 Å². The van der Waals surface area contributed by atoms with E-state index >= 15 is 0 Å². The molecule has 2 aliphatic heterocycles. The van der Waals surface area contributed by atoms with Gasteiger partial charge in [0.25, 0.3) is 0 Å². The molecule has 6 nitrogen and oxygen atoms in total. The molecule has 3 fully saturated rings. The molecule has 2 amide bonds. The maximum atomic E-state index is 13.2. The predicted molar refractivity (Wildman–Crippen MR) is 104 cm³/mol. The van der Waals surface area contributed by atoms with Gasteiger partial charge in [0.15, 0.2) is 0 Å². The lowest BCUT2D eigenvalue weighted by Crippen LogP contribution is -2.51. The Morgan fingerprint density at radius 2 is 2.15 bits per heavy atom. The SMILES string of the molecule is O=C(CCN1CC[C@@]2(CCCN(CC3CCC3)C2=O)C1)Nc1cccnc1. The van der Waals surface area contributed by atoms with Gasteiger partial charge in [-0.25, -0.2) is 0 Å². The lowest BCUT2D eigenvalue weighted by Gasteiger charge is -2.42. The van der Waals surface area contributed by atoms with E-state index in [-0.39, 0.29) is 11.3 Å². The molecular formula is C21H30N4O2. The number of aromatic nitrogens is 1. The van der Waals surface area contributed by atoms with Crippen molar-refractivity contribution in [3.63, 3.8) is 0 Å². The van der Waals surface area contributed by atoms with Crippen molar-refractivity contribution >= 4 is 17.5 Å². The molecular weight excluding hydrogens is 340 g/mol. The Bertz CT molecular complexity index is 676. The number of pyridine rings is 1. The summed E-state index contributed by atoms with van der Waals surface area (Å²) in [6, 6.07) is 3.65. The van der Waals surface area contributed by atoms with Gasteiger partial charge in [-0.1, -0.05) is 6.42 Å². The molecule has 27 heavy (non-hydrogen) atoms. The van der Waals surface area contributed by atoms with Gasteiger partial charge < -0.3 is 15.1 Å². The molecule has 1 spiro atoms. The minimum atomic E-state index is -0.193. The van der Waals surface area contributed by atoms with Gasteiger partial charge in [-0.05, 0) is 56.7 Å². The van der Waals surface area contributed by atoms with Gasteiger partial charge in [0.1, 0.15) is 0 Å². The molecule has 0 aromatic carbocycles. The second kappa shape index (κ2) is 7.97. The third-order valence-corrected chi connectivity index (χ3v) is 6.56. The molecule has 146 valence electrons. The first-order chi connectivity index (χ1) is 13.1. The van der Waals surface area contributed by atoms with Crippen LogP contribution in [-0.4, -0.2) is 59.3 Å². The van der Waals surface area contributed by atoms with E-state index in [4.69, 9.17) is 0 Å². The molecule has 1 saturated carbocycles. The van der Waals surface area contributed by atoms with Gasteiger partial charge in [-0.2, -0.15) is 0 Å². The van der Waals surface area contributed by atoms with Crippen LogP contribution in [0.2, 0.25) is 0 Å². The average molecular weight is 370 g/mol.